The Morgan fingerprint density at radius 2 is 2.21 bits per heavy atom. The zero-order valence-corrected chi connectivity index (χ0v) is 11.2. The second-order valence-corrected chi connectivity index (χ2v) is 5.60. The Kier molecular flexibility index (Phi) is 5.64. The van der Waals surface area contributed by atoms with Gasteiger partial charge in [-0.15, -0.1) is 0 Å². The van der Waals surface area contributed by atoms with Crippen molar-refractivity contribution in [2.45, 2.75) is 26.0 Å². The molecule has 0 aliphatic carbocycles. The lowest BCUT2D eigenvalue weighted by molar-refractivity contribution is 0.637. The summed E-state index contributed by atoms with van der Waals surface area (Å²) in [6, 6.07) is 8.56. The summed E-state index contributed by atoms with van der Waals surface area (Å²) in [6.07, 6.45) is 1.28. The van der Waals surface area contributed by atoms with Gasteiger partial charge in [0.15, 0.2) is 0 Å². The third-order valence-electron chi connectivity index (χ3n) is 2.26. The molecule has 0 bridgehead atoms. The Bertz CT molecular complexity index is 273. The summed E-state index contributed by atoms with van der Waals surface area (Å²) >= 11 is 5.51. The van der Waals surface area contributed by atoms with Crippen LogP contribution in [0.2, 0.25) is 0 Å². The van der Waals surface area contributed by atoms with Crippen LogP contribution in [-0.2, 0) is 5.75 Å². The summed E-state index contributed by atoms with van der Waals surface area (Å²) in [5.74, 6) is 3.24. The monoisotopic (exact) mass is 272 g/mol. The van der Waals surface area contributed by atoms with Crippen molar-refractivity contribution in [2.75, 3.05) is 5.75 Å². The molecule has 0 aromatic heterocycles. The van der Waals surface area contributed by atoms with Gasteiger partial charge in [-0.3, -0.25) is 0 Å². The standard InChI is InChI=1S/C12H17BrS/c1-3-10(2)8-14-9-11-5-4-6-12(13)7-11/h4-7,10H,3,8-9H2,1-2H3. The summed E-state index contributed by atoms with van der Waals surface area (Å²) in [5.41, 5.74) is 1.41. The van der Waals surface area contributed by atoms with Gasteiger partial charge in [0.2, 0.25) is 0 Å². The van der Waals surface area contributed by atoms with Gasteiger partial charge in [-0.1, -0.05) is 48.3 Å². The van der Waals surface area contributed by atoms with Gasteiger partial charge in [0.25, 0.3) is 0 Å². The molecule has 0 nitrogen and oxygen atoms in total. The fraction of sp³-hybridized carbons (Fsp3) is 0.500. The zero-order chi connectivity index (χ0) is 10.4. The minimum Gasteiger partial charge on any atom is -0.157 e. The first-order valence-electron chi connectivity index (χ1n) is 5.04. The molecule has 1 rings (SSSR count). The van der Waals surface area contributed by atoms with Gasteiger partial charge in [0, 0.05) is 10.2 Å². The number of hydrogen-bond donors (Lipinski definition) is 0. The molecule has 14 heavy (non-hydrogen) atoms. The van der Waals surface area contributed by atoms with Gasteiger partial charge in [0.1, 0.15) is 0 Å². The molecule has 0 amide bonds. The van der Waals surface area contributed by atoms with E-state index in [1.54, 1.807) is 0 Å². The Labute approximate surface area is 99.6 Å². The molecular weight excluding hydrogens is 256 g/mol. The molecule has 0 fully saturated rings. The first-order valence-corrected chi connectivity index (χ1v) is 6.99. The summed E-state index contributed by atoms with van der Waals surface area (Å²) in [6.45, 7) is 4.57. The van der Waals surface area contributed by atoms with E-state index < -0.39 is 0 Å². The van der Waals surface area contributed by atoms with E-state index in [0.717, 1.165) is 11.7 Å². The minimum absolute atomic E-state index is 0.840. The van der Waals surface area contributed by atoms with Crippen LogP contribution in [0.15, 0.2) is 28.7 Å². The minimum atomic E-state index is 0.840. The van der Waals surface area contributed by atoms with E-state index in [0.29, 0.717) is 0 Å². The summed E-state index contributed by atoms with van der Waals surface area (Å²) in [7, 11) is 0. The third-order valence-corrected chi connectivity index (χ3v) is 4.09. The van der Waals surface area contributed by atoms with Crippen molar-refractivity contribution in [1.29, 1.82) is 0 Å². The van der Waals surface area contributed by atoms with Crippen LogP contribution >= 0.6 is 27.7 Å². The summed E-state index contributed by atoms with van der Waals surface area (Å²) in [4.78, 5) is 0. The van der Waals surface area contributed by atoms with Crippen molar-refractivity contribution in [3.8, 4) is 0 Å². The van der Waals surface area contributed by atoms with Crippen LogP contribution in [0, 0.1) is 5.92 Å². The van der Waals surface area contributed by atoms with Gasteiger partial charge >= 0.3 is 0 Å². The lowest BCUT2D eigenvalue weighted by atomic mass is 10.2. The number of halogens is 1. The molecule has 1 unspecified atom stereocenters. The Morgan fingerprint density at radius 1 is 1.43 bits per heavy atom. The van der Waals surface area contributed by atoms with Gasteiger partial charge in [-0.25, -0.2) is 0 Å². The van der Waals surface area contributed by atoms with Crippen molar-refractivity contribution in [3.63, 3.8) is 0 Å². The van der Waals surface area contributed by atoms with E-state index in [-0.39, 0.29) is 0 Å². The average molecular weight is 273 g/mol. The SMILES string of the molecule is CCC(C)CSCc1cccc(Br)c1. The van der Waals surface area contributed by atoms with Crippen molar-refractivity contribution in [1.82, 2.24) is 0 Å². The van der Waals surface area contributed by atoms with Gasteiger partial charge < -0.3 is 0 Å². The van der Waals surface area contributed by atoms with Crippen molar-refractivity contribution in [3.05, 3.63) is 34.3 Å². The van der Waals surface area contributed by atoms with E-state index in [1.807, 2.05) is 11.8 Å². The van der Waals surface area contributed by atoms with Gasteiger partial charge in [-0.05, 0) is 29.4 Å². The van der Waals surface area contributed by atoms with Crippen LogP contribution in [0.3, 0.4) is 0 Å². The van der Waals surface area contributed by atoms with Gasteiger partial charge in [-0.2, -0.15) is 11.8 Å². The second kappa shape index (κ2) is 6.52. The molecular formula is C12H17BrS. The first-order chi connectivity index (χ1) is 6.72. The smallest absolute Gasteiger partial charge is 0.0185 e. The summed E-state index contributed by atoms with van der Waals surface area (Å²) in [5, 5.41) is 0. The quantitative estimate of drug-likeness (QED) is 0.747. The second-order valence-electron chi connectivity index (χ2n) is 3.66. The highest BCUT2D eigenvalue weighted by Gasteiger charge is 1.99. The molecule has 78 valence electrons. The normalized spacial score (nSPS) is 12.8. The van der Waals surface area contributed by atoms with Crippen LogP contribution in [0.5, 0.6) is 0 Å². The molecule has 0 N–H and O–H groups in total. The van der Waals surface area contributed by atoms with Crippen LogP contribution in [0.25, 0.3) is 0 Å². The maximum atomic E-state index is 3.49. The number of benzene rings is 1. The highest BCUT2D eigenvalue weighted by Crippen LogP contribution is 2.19. The van der Waals surface area contributed by atoms with E-state index >= 15 is 0 Å². The Balaban J connectivity index is 2.31. The van der Waals surface area contributed by atoms with E-state index in [1.165, 1.54) is 22.2 Å². The molecule has 0 saturated carbocycles. The van der Waals surface area contributed by atoms with Crippen LogP contribution < -0.4 is 0 Å². The molecule has 1 atom stereocenters. The molecule has 0 radical (unpaired) electrons. The molecule has 0 aliphatic heterocycles. The van der Waals surface area contributed by atoms with Crippen LogP contribution in [0.1, 0.15) is 25.8 Å². The topological polar surface area (TPSA) is 0 Å². The predicted octanol–water partition coefficient (Wildman–Crippen LogP) is 4.73. The molecule has 0 saturated heterocycles. The molecule has 1 aromatic rings. The van der Waals surface area contributed by atoms with Crippen molar-refractivity contribution < 1.29 is 0 Å². The molecule has 0 aliphatic rings. The zero-order valence-electron chi connectivity index (χ0n) is 8.79. The number of rotatable bonds is 5. The average Bonchev–Trinajstić information content (AvgIpc) is 2.17. The maximum Gasteiger partial charge on any atom is 0.0185 e. The first kappa shape index (κ1) is 12.1. The van der Waals surface area contributed by atoms with E-state index in [9.17, 15) is 0 Å². The lowest BCUT2D eigenvalue weighted by Gasteiger charge is -2.07. The van der Waals surface area contributed by atoms with Crippen molar-refractivity contribution >= 4 is 27.7 Å². The van der Waals surface area contributed by atoms with E-state index in [2.05, 4.69) is 54.0 Å². The molecule has 2 heteroatoms. The molecule has 1 aromatic carbocycles. The van der Waals surface area contributed by atoms with Crippen LogP contribution in [0.4, 0.5) is 0 Å². The Morgan fingerprint density at radius 3 is 2.86 bits per heavy atom. The largest absolute Gasteiger partial charge is 0.157 e. The van der Waals surface area contributed by atoms with Gasteiger partial charge in [0.05, 0.1) is 0 Å². The number of thioether (sulfide) groups is 1. The lowest BCUT2D eigenvalue weighted by Crippen LogP contribution is -1.95. The Hall–Kier alpha value is 0.0500. The summed E-state index contributed by atoms with van der Waals surface area (Å²) < 4.78 is 1.18. The highest BCUT2D eigenvalue weighted by molar-refractivity contribution is 9.10. The fourth-order valence-electron chi connectivity index (χ4n) is 1.12. The van der Waals surface area contributed by atoms with Crippen LogP contribution in [-0.4, -0.2) is 5.75 Å². The van der Waals surface area contributed by atoms with E-state index in [4.69, 9.17) is 0 Å². The molecule has 0 heterocycles. The molecule has 0 spiro atoms. The predicted molar refractivity (Wildman–Crippen MR) is 69.8 cm³/mol. The third kappa shape index (κ3) is 4.52. The fourth-order valence-corrected chi connectivity index (χ4v) is 2.74. The van der Waals surface area contributed by atoms with Crippen molar-refractivity contribution in [2.24, 2.45) is 5.92 Å². The number of hydrogen-bond acceptors (Lipinski definition) is 1. The maximum absolute atomic E-state index is 3.49. The highest BCUT2D eigenvalue weighted by atomic mass is 79.9.